The smallest absolute Gasteiger partial charge is 0.0925 e. The quantitative estimate of drug-likeness (QED) is 0.898. The Morgan fingerprint density at radius 1 is 1.35 bits per heavy atom. The van der Waals surface area contributed by atoms with Crippen molar-refractivity contribution in [3.8, 4) is 0 Å². The van der Waals surface area contributed by atoms with Gasteiger partial charge >= 0.3 is 0 Å². The highest BCUT2D eigenvalue weighted by molar-refractivity contribution is 5.54. The minimum atomic E-state index is 0.455. The van der Waals surface area contributed by atoms with Crippen LogP contribution in [-0.4, -0.2) is 29.6 Å². The molecule has 20 heavy (non-hydrogen) atoms. The molecule has 1 aliphatic rings. The van der Waals surface area contributed by atoms with Gasteiger partial charge in [0.2, 0.25) is 0 Å². The molecule has 2 heterocycles. The third-order valence-electron chi connectivity index (χ3n) is 4.07. The predicted octanol–water partition coefficient (Wildman–Crippen LogP) is 2.18. The van der Waals surface area contributed by atoms with E-state index in [0.29, 0.717) is 6.04 Å². The molecule has 106 valence electrons. The molecule has 4 nitrogen and oxygen atoms in total. The van der Waals surface area contributed by atoms with Crippen molar-refractivity contribution in [2.75, 3.05) is 18.5 Å². The first kappa shape index (κ1) is 13.2. The average molecular weight is 270 g/mol. The van der Waals surface area contributed by atoms with E-state index < -0.39 is 0 Å². The van der Waals surface area contributed by atoms with E-state index in [9.17, 15) is 0 Å². The number of aromatic amines is 1. The van der Waals surface area contributed by atoms with Crippen LogP contribution in [0.3, 0.4) is 0 Å². The first-order valence-electron chi connectivity index (χ1n) is 7.16. The molecule has 0 saturated carbocycles. The fourth-order valence-electron chi connectivity index (χ4n) is 3.02. The molecule has 2 N–H and O–H groups in total. The number of anilines is 1. The third kappa shape index (κ3) is 2.56. The van der Waals surface area contributed by atoms with Gasteiger partial charge in [-0.2, -0.15) is 0 Å². The maximum Gasteiger partial charge on any atom is 0.0925 e. The molecule has 0 spiro atoms. The highest BCUT2D eigenvalue weighted by atomic mass is 15.1. The van der Waals surface area contributed by atoms with Crippen LogP contribution < -0.4 is 10.2 Å². The lowest BCUT2D eigenvalue weighted by Crippen LogP contribution is -2.43. The Kier molecular flexibility index (Phi) is 3.49. The predicted molar refractivity (Wildman–Crippen MR) is 82.1 cm³/mol. The number of fused-ring (bicyclic) bond motifs is 1. The van der Waals surface area contributed by atoms with Crippen molar-refractivity contribution >= 4 is 5.69 Å². The number of imidazole rings is 1. The molecule has 2 aromatic rings. The number of aryl methyl sites for hydroxylation is 2. The summed E-state index contributed by atoms with van der Waals surface area (Å²) in [5.74, 6) is 0. The number of rotatable bonds is 3. The molecule has 1 unspecified atom stereocenters. The van der Waals surface area contributed by atoms with E-state index in [2.05, 4.69) is 59.3 Å². The van der Waals surface area contributed by atoms with Crippen molar-refractivity contribution in [1.29, 1.82) is 0 Å². The highest BCUT2D eigenvalue weighted by Gasteiger charge is 2.21. The monoisotopic (exact) mass is 270 g/mol. The van der Waals surface area contributed by atoms with E-state index >= 15 is 0 Å². The first-order chi connectivity index (χ1) is 9.63. The molecule has 0 amide bonds. The van der Waals surface area contributed by atoms with E-state index in [1.54, 1.807) is 6.33 Å². The van der Waals surface area contributed by atoms with Gasteiger partial charge in [-0.1, -0.05) is 17.7 Å². The Morgan fingerprint density at radius 3 is 3.00 bits per heavy atom. The van der Waals surface area contributed by atoms with Crippen LogP contribution in [-0.2, 0) is 13.0 Å². The summed E-state index contributed by atoms with van der Waals surface area (Å²) in [6.07, 6.45) is 2.79. The largest absolute Gasteiger partial charge is 0.373 e. The van der Waals surface area contributed by atoms with Gasteiger partial charge in [-0.15, -0.1) is 0 Å². The number of hydrogen-bond acceptors (Lipinski definition) is 3. The number of nitrogens with zero attached hydrogens (tertiary/aromatic N) is 2. The lowest BCUT2D eigenvalue weighted by atomic mass is 10.0. The maximum atomic E-state index is 4.40. The third-order valence-corrected chi connectivity index (χ3v) is 4.07. The van der Waals surface area contributed by atoms with Crippen LogP contribution >= 0.6 is 0 Å². The van der Waals surface area contributed by atoms with Crippen LogP contribution in [0, 0.1) is 13.8 Å². The SMILES string of the molecule is Cc1ccc(N(C)CC2Cc3nc[nH]c3CN2)c(C)c1. The normalized spacial score (nSPS) is 17.9. The van der Waals surface area contributed by atoms with Crippen molar-refractivity contribution in [2.45, 2.75) is 32.9 Å². The van der Waals surface area contributed by atoms with Crippen molar-refractivity contribution in [3.05, 3.63) is 47.0 Å². The molecule has 0 bridgehead atoms. The Morgan fingerprint density at radius 2 is 2.20 bits per heavy atom. The van der Waals surface area contributed by atoms with Crippen molar-refractivity contribution in [2.24, 2.45) is 0 Å². The molecule has 0 fully saturated rings. The molecule has 3 rings (SSSR count). The molecule has 1 aromatic carbocycles. The number of aromatic nitrogens is 2. The second-order valence-corrected chi connectivity index (χ2v) is 5.78. The molecular formula is C16H22N4. The van der Waals surface area contributed by atoms with Gasteiger partial charge in [-0.05, 0) is 25.5 Å². The zero-order valence-electron chi connectivity index (χ0n) is 12.4. The minimum Gasteiger partial charge on any atom is -0.373 e. The van der Waals surface area contributed by atoms with Crippen molar-refractivity contribution in [1.82, 2.24) is 15.3 Å². The molecule has 4 heteroatoms. The molecule has 1 aromatic heterocycles. The summed E-state index contributed by atoms with van der Waals surface area (Å²) < 4.78 is 0. The van der Waals surface area contributed by atoms with E-state index in [-0.39, 0.29) is 0 Å². The van der Waals surface area contributed by atoms with E-state index in [0.717, 1.165) is 19.5 Å². The fraction of sp³-hybridized carbons (Fsp3) is 0.438. The van der Waals surface area contributed by atoms with Gasteiger partial charge in [0, 0.05) is 38.3 Å². The maximum absolute atomic E-state index is 4.40. The lowest BCUT2D eigenvalue weighted by molar-refractivity contribution is 0.471. The van der Waals surface area contributed by atoms with Gasteiger partial charge in [0.15, 0.2) is 0 Å². The topological polar surface area (TPSA) is 44.0 Å². The summed E-state index contributed by atoms with van der Waals surface area (Å²) >= 11 is 0. The number of hydrogen-bond donors (Lipinski definition) is 2. The molecule has 0 saturated heterocycles. The van der Waals surface area contributed by atoms with Crippen LogP contribution in [0.4, 0.5) is 5.69 Å². The lowest BCUT2D eigenvalue weighted by Gasteiger charge is -2.30. The summed E-state index contributed by atoms with van der Waals surface area (Å²) in [4.78, 5) is 9.93. The van der Waals surface area contributed by atoms with Gasteiger partial charge in [-0.25, -0.2) is 4.98 Å². The number of nitrogens with one attached hydrogen (secondary N) is 2. The molecule has 0 radical (unpaired) electrons. The van der Waals surface area contributed by atoms with Gasteiger partial charge in [0.25, 0.3) is 0 Å². The first-order valence-corrected chi connectivity index (χ1v) is 7.16. The fourth-order valence-corrected chi connectivity index (χ4v) is 3.02. The number of likely N-dealkylation sites (N-methyl/N-ethyl adjacent to an activating group) is 1. The van der Waals surface area contributed by atoms with Gasteiger partial charge in [-0.3, -0.25) is 0 Å². The molecule has 1 atom stereocenters. The average Bonchev–Trinajstić information content (AvgIpc) is 2.85. The van der Waals surface area contributed by atoms with E-state index in [4.69, 9.17) is 0 Å². The molecular weight excluding hydrogens is 248 g/mol. The van der Waals surface area contributed by atoms with Crippen LogP contribution in [0.2, 0.25) is 0 Å². The highest BCUT2D eigenvalue weighted by Crippen LogP contribution is 2.21. The minimum absolute atomic E-state index is 0.455. The van der Waals surface area contributed by atoms with Crippen LogP contribution in [0.25, 0.3) is 0 Å². The zero-order valence-corrected chi connectivity index (χ0v) is 12.4. The summed E-state index contributed by atoms with van der Waals surface area (Å²) in [5, 5.41) is 3.58. The number of benzene rings is 1. The van der Waals surface area contributed by atoms with Crippen molar-refractivity contribution < 1.29 is 0 Å². The molecule has 0 aliphatic carbocycles. The van der Waals surface area contributed by atoms with Gasteiger partial charge in [0.05, 0.1) is 17.7 Å². The Bertz CT molecular complexity index is 602. The molecule has 1 aliphatic heterocycles. The summed E-state index contributed by atoms with van der Waals surface area (Å²) in [6, 6.07) is 7.09. The number of H-pyrrole nitrogens is 1. The van der Waals surface area contributed by atoms with Crippen molar-refractivity contribution in [3.63, 3.8) is 0 Å². The van der Waals surface area contributed by atoms with Gasteiger partial charge < -0.3 is 15.2 Å². The Hall–Kier alpha value is -1.81. The summed E-state index contributed by atoms with van der Waals surface area (Å²) in [5.41, 5.74) is 6.41. The van der Waals surface area contributed by atoms with Gasteiger partial charge in [0.1, 0.15) is 0 Å². The summed E-state index contributed by atoms with van der Waals surface area (Å²) in [6.45, 7) is 6.20. The second-order valence-electron chi connectivity index (χ2n) is 5.78. The standard InChI is InChI=1S/C16H22N4/c1-11-4-5-16(12(2)6-11)20(3)9-13-7-14-15(8-17-13)19-10-18-14/h4-6,10,13,17H,7-9H2,1-3H3,(H,18,19). The van der Waals surface area contributed by atoms with Crippen LogP contribution in [0.15, 0.2) is 24.5 Å². The second kappa shape index (κ2) is 5.29. The zero-order chi connectivity index (χ0) is 14.1. The van der Waals surface area contributed by atoms with E-state index in [1.165, 1.54) is 28.2 Å². The Labute approximate surface area is 120 Å². The Balaban J connectivity index is 1.69. The van der Waals surface area contributed by atoms with E-state index in [1.807, 2.05) is 0 Å². The van der Waals surface area contributed by atoms with Crippen LogP contribution in [0.1, 0.15) is 22.5 Å². The van der Waals surface area contributed by atoms with Crippen LogP contribution in [0.5, 0.6) is 0 Å². The summed E-state index contributed by atoms with van der Waals surface area (Å²) in [7, 11) is 2.17.